The van der Waals surface area contributed by atoms with Gasteiger partial charge in [0.25, 0.3) is 0 Å². The van der Waals surface area contributed by atoms with E-state index in [0.29, 0.717) is 30.1 Å². The van der Waals surface area contributed by atoms with Crippen LogP contribution in [-0.2, 0) is 17.8 Å². The molecule has 0 amide bonds. The number of halogens is 1. The monoisotopic (exact) mass is 505 g/mol. The van der Waals surface area contributed by atoms with Crippen molar-refractivity contribution in [3.05, 3.63) is 83.2 Å². The quantitative estimate of drug-likeness (QED) is 0.343. The van der Waals surface area contributed by atoms with E-state index in [1.165, 1.54) is 6.07 Å². The van der Waals surface area contributed by atoms with Gasteiger partial charge in [0.15, 0.2) is 0 Å². The lowest BCUT2D eigenvalue weighted by Crippen LogP contribution is -2.41. The van der Waals surface area contributed by atoms with Gasteiger partial charge in [-0.3, -0.25) is 9.69 Å². The van der Waals surface area contributed by atoms with Crippen molar-refractivity contribution in [3.8, 4) is 22.6 Å². The van der Waals surface area contributed by atoms with Gasteiger partial charge in [0.2, 0.25) is 0 Å². The van der Waals surface area contributed by atoms with E-state index in [1.807, 2.05) is 36.4 Å². The summed E-state index contributed by atoms with van der Waals surface area (Å²) in [5, 5.41) is 8.97. The highest BCUT2D eigenvalue weighted by atomic mass is 19.1. The molecule has 3 aromatic carbocycles. The summed E-state index contributed by atoms with van der Waals surface area (Å²) in [4.78, 5) is 13.3. The first-order valence-electron chi connectivity index (χ1n) is 12.8. The van der Waals surface area contributed by atoms with E-state index in [9.17, 15) is 4.79 Å². The molecule has 0 aromatic heterocycles. The van der Waals surface area contributed by atoms with Crippen molar-refractivity contribution in [1.29, 1.82) is 0 Å². The van der Waals surface area contributed by atoms with Gasteiger partial charge in [-0.2, -0.15) is 0 Å². The third kappa shape index (κ3) is 6.31. The molecule has 37 heavy (non-hydrogen) atoms. The topological polar surface area (TPSA) is 59.0 Å². The molecule has 3 aromatic rings. The van der Waals surface area contributed by atoms with Gasteiger partial charge in [0.1, 0.15) is 23.9 Å². The maximum absolute atomic E-state index is 15.1. The summed E-state index contributed by atoms with van der Waals surface area (Å²) < 4.78 is 26.6. The Bertz CT molecular complexity index is 1260. The summed E-state index contributed by atoms with van der Waals surface area (Å²) in [5.74, 6) is 0.221. The maximum Gasteiger partial charge on any atom is 0.303 e. The van der Waals surface area contributed by atoms with E-state index < -0.39 is 5.97 Å². The number of methoxy groups -OCH3 is 1. The molecule has 0 aliphatic carbocycles. The van der Waals surface area contributed by atoms with Crippen molar-refractivity contribution in [2.24, 2.45) is 5.41 Å². The summed E-state index contributed by atoms with van der Waals surface area (Å²) in [7, 11) is 3.73. The van der Waals surface area contributed by atoms with Gasteiger partial charge < -0.3 is 14.6 Å². The number of likely N-dealkylation sites (tertiary alicyclic amines) is 1. The molecular formula is C31H36FNO4. The van der Waals surface area contributed by atoms with Crippen molar-refractivity contribution in [1.82, 2.24) is 4.90 Å². The Hall–Kier alpha value is -3.38. The van der Waals surface area contributed by atoms with Crippen LogP contribution >= 0.6 is 0 Å². The average Bonchev–Trinajstić information content (AvgIpc) is 2.86. The number of piperidine rings is 1. The number of rotatable bonds is 9. The van der Waals surface area contributed by atoms with Gasteiger partial charge in [-0.1, -0.05) is 44.2 Å². The van der Waals surface area contributed by atoms with Crippen LogP contribution in [0.5, 0.6) is 11.5 Å². The Morgan fingerprint density at radius 3 is 2.59 bits per heavy atom. The van der Waals surface area contributed by atoms with Crippen LogP contribution in [0, 0.1) is 11.2 Å². The fourth-order valence-electron chi connectivity index (χ4n) is 5.52. The van der Waals surface area contributed by atoms with Crippen LogP contribution in [0.2, 0.25) is 0 Å². The number of carboxylic acids is 1. The van der Waals surface area contributed by atoms with E-state index in [-0.39, 0.29) is 23.7 Å². The molecule has 1 saturated heterocycles. The lowest BCUT2D eigenvalue weighted by atomic mass is 9.72. The van der Waals surface area contributed by atoms with E-state index in [4.69, 9.17) is 14.6 Å². The van der Waals surface area contributed by atoms with Crippen LogP contribution in [0.15, 0.2) is 60.7 Å². The van der Waals surface area contributed by atoms with Gasteiger partial charge in [-0.05, 0) is 90.9 Å². The number of aliphatic carboxylic acids is 1. The van der Waals surface area contributed by atoms with Crippen LogP contribution in [-0.4, -0.2) is 36.7 Å². The summed E-state index contributed by atoms with van der Waals surface area (Å²) in [6.07, 6.45) is 2.76. The molecular weight excluding hydrogens is 469 g/mol. The average molecular weight is 506 g/mol. The molecule has 0 bridgehead atoms. The predicted molar refractivity (Wildman–Crippen MR) is 144 cm³/mol. The van der Waals surface area contributed by atoms with Crippen LogP contribution in [0.25, 0.3) is 11.1 Å². The molecule has 6 heteroatoms. The second-order valence-corrected chi connectivity index (χ2v) is 10.6. The molecule has 196 valence electrons. The van der Waals surface area contributed by atoms with E-state index in [2.05, 4.69) is 31.9 Å². The van der Waals surface area contributed by atoms with Crippen LogP contribution < -0.4 is 9.47 Å². The zero-order valence-corrected chi connectivity index (χ0v) is 22.1. The fourth-order valence-corrected chi connectivity index (χ4v) is 5.52. The summed E-state index contributed by atoms with van der Waals surface area (Å²) in [6.45, 7) is 5.90. The van der Waals surface area contributed by atoms with Crippen molar-refractivity contribution in [2.75, 3.05) is 20.7 Å². The smallest absolute Gasteiger partial charge is 0.303 e. The molecule has 0 radical (unpaired) electrons. The summed E-state index contributed by atoms with van der Waals surface area (Å²) in [6, 6.07) is 18.7. The van der Waals surface area contributed by atoms with Crippen molar-refractivity contribution < 1.29 is 23.8 Å². The highest BCUT2D eigenvalue weighted by molar-refractivity contribution is 5.71. The minimum Gasteiger partial charge on any atom is -0.497 e. The number of carbonyl (C=O) groups is 1. The number of carboxylic acid groups (broad SMARTS) is 1. The summed E-state index contributed by atoms with van der Waals surface area (Å²) in [5.41, 5.74) is 4.40. The van der Waals surface area contributed by atoms with Crippen LogP contribution in [0.4, 0.5) is 4.39 Å². The largest absolute Gasteiger partial charge is 0.497 e. The molecule has 4 rings (SSSR count). The third-order valence-corrected chi connectivity index (χ3v) is 7.32. The van der Waals surface area contributed by atoms with Crippen molar-refractivity contribution in [2.45, 2.75) is 52.2 Å². The normalized spacial score (nSPS) is 17.4. The molecule has 1 N–H and O–H groups in total. The minimum absolute atomic E-state index is 0.00897. The molecule has 1 fully saturated rings. The first kappa shape index (κ1) is 26.7. The van der Waals surface area contributed by atoms with E-state index in [0.717, 1.165) is 41.6 Å². The van der Waals surface area contributed by atoms with Gasteiger partial charge in [-0.15, -0.1) is 0 Å². The Balaban J connectivity index is 1.69. The lowest BCUT2D eigenvalue weighted by Gasteiger charge is -2.46. The number of hydrogen-bond acceptors (Lipinski definition) is 4. The zero-order chi connectivity index (χ0) is 26.6. The van der Waals surface area contributed by atoms with E-state index >= 15 is 4.39 Å². The number of nitrogens with zero attached hydrogens (tertiary/aromatic N) is 1. The first-order chi connectivity index (χ1) is 17.7. The Kier molecular flexibility index (Phi) is 8.18. The third-order valence-electron chi connectivity index (χ3n) is 7.32. The second-order valence-electron chi connectivity index (χ2n) is 10.6. The minimum atomic E-state index is -0.818. The fraction of sp³-hybridized carbons (Fsp3) is 0.387. The molecule has 5 nitrogen and oxygen atoms in total. The van der Waals surface area contributed by atoms with Crippen molar-refractivity contribution in [3.63, 3.8) is 0 Å². The van der Waals surface area contributed by atoms with Crippen molar-refractivity contribution >= 4 is 5.97 Å². The number of benzene rings is 3. The van der Waals surface area contributed by atoms with Gasteiger partial charge in [0.05, 0.1) is 7.11 Å². The number of aryl methyl sites for hydroxylation is 1. The number of hydrogen-bond donors (Lipinski definition) is 1. The SMILES string of the molecule is COc1ccc(F)c(-c2ccc(COc3cccc(CCC(=O)O)c3)cc2C2N(C)CCCC2(C)C)c1. The predicted octanol–water partition coefficient (Wildman–Crippen LogP) is 6.89. The molecule has 1 heterocycles. The van der Waals surface area contributed by atoms with Crippen LogP contribution in [0.1, 0.15) is 55.8 Å². The molecule has 1 atom stereocenters. The molecule has 0 spiro atoms. The Morgan fingerprint density at radius 2 is 1.86 bits per heavy atom. The second kappa shape index (κ2) is 11.3. The standard InChI is InChI=1S/C31H36FNO4/c1-31(2)15-6-16-33(3)30(31)27-18-22(9-12-25(27)26-19-23(36-4)11-13-28(26)32)20-37-24-8-5-7-21(17-24)10-14-29(34)35/h5,7-9,11-13,17-19,30H,6,10,14-16,20H2,1-4H3,(H,34,35). The van der Waals surface area contributed by atoms with Gasteiger partial charge in [0, 0.05) is 18.0 Å². The first-order valence-corrected chi connectivity index (χ1v) is 12.8. The molecule has 1 unspecified atom stereocenters. The van der Waals surface area contributed by atoms with Gasteiger partial charge >= 0.3 is 5.97 Å². The van der Waals surface area contributed by atoms with Gasteiger partial charge in [-0.25, -0.2) is 4.39 Å². The zero-order valence-electron chi connectivity index (χ0n) is 22.1. The van der Waals surface area contributed by atoms with Crippen LogP contribution in [0.3, 0.4) is 0 Å². The van der Waals surface area contributed by atoms with E-state index in [1.54, 1.807) is 19.2 Å². The summed E-state index contributed by atoms with van der Waals surface area (Å²) >= 11 is 0. The lowest BCUT2D eigenvalue weighted by molar-refractivity contribution is -0.136. The Labute approximate surface area is 218 Å². The molecule has 0 saturated carbocycles. The molecule has 1 aliphatic rings. The Morgan fingerprint density at radius 1 is 1.05 bits per heavy atom. The molecule has 1 aliphatic heterocycles. The maximum atomic E-state index is 15.1. The highest BCUT2D eigenvalue weighted by Gasteiger charge is 2.38. The number of ether oxygens (including phenoxy) is 2. The highest BCUT2D eigenvalue weighted by Crippen LogP contribution is 2.48.